The van der Waals surface area contributed by atoms with Crippen LogP contribution in [-0.4, -0.2) is 23.3 Å². The zero-order valence-corrected chi connectivity index (χ0v) is 5.29. The van der Waals surface area contributed by atoms with E-state index in [1.807, 2.05) is 0 Å². The summed E-state index contributed by atoms with van der Waals surface area (Å²) >= 11 is 0. The van der Waals surface area contributed by atoms with Crippen LogP contribution in [0, 0.1) is 15.5 Å². The van der Waals surface area contributed by atoms with Crippen LogP contribution in [0.4, 0.5) is 0 Å². The van der Waals surface area contributed by atoms with Crippen LogP contribution in [0.1, 0.15) is 6.92 Å². The van der Waals surface area contributed by atoms with E-state index in [0.717, 1.165) is 0 Å². The molecule has 0 aromatic carbocycles. The Morgan fingerprint density at radius 3 is 2.60 bits per heavy atom. The molecule has 0 saturated heterocycles. The van der Waals surface area contributed by atoms with Gasteiger partial charge in [0, 0.05) is 0 Å². The molecule has 6 nitrogen and oxygen atoms in total. The fraction of sp³-hybridized carbons (Fsp3) is 0.500. The number of nitro groups is 1. The van der Waals surface area contributed by atoms with Gasteiger partial charge in [-0.25, -0.2) is 4.79 Å². The largest absolute Gasteiger partial charge is 0.457 e. The van der Waals surface area contributed by atoms with Gasteiger partial charge in [-0.2, -0.15) is 0 Å². The van der Waals surface area contributed by atoms with Crippen molar-refractivity contribution in [2.45, 2.75) is 6.92 Å². The van der Waals surface area contributed by atoms with Gasteiger partial charge in [0.1, 0.15) is 0 Å². The van der Waals surface area contributed by atoms with E-state index in [0.29, 0.717) is 0 Å². The molecule has 0 bridgehead atoms. The lowest BCUT2D eigenvalue weighted by Crippen LogP contribution is -2.23. The highest BCUT2D eigenvalue weighted by atomic mass is 16.6. The van der Waals surface area contributed by atoms with Gasteiger partial charge in [-0.1, -0.05) is 5.41 Å². The van der Waals surface area contributed by atoms with Crippen LogP contribution in [0.2, 0.25) is 0 Å². The van der Waals surface area contributed by atoms with Crippen molar-refractivity contribution in [3.63, 3.8) is 0 Å². The summed E-state index contributed by atoms with van der Waals surface area (Å²) in [6, 6.07) is 0. The van der Waals surface area contributed by atoms with Crippen molar-refractivity contribution >= 4 is 11.8 Å². The maximum Gasteiger partial charge on any atom is 0.442 e. The third-order valence-electron chi connectivity index (χ3n) is 0.651. The first-order valence-corrected chi connectivity index (χ1v) is 2.49. The average molecular weight is 146 g/mol. The van der Waals surface area contributed by atoms with Crippen molar-refractivity contribution in [2.75, 3.05) is 6.61 Å². The molecule has 0 aliphatic heterocycles. The third kappa shape index (κ3) is 2.21. The summed E-state index contributed by atoms with van der Waals surface area (Å²) in [6.07, 6.45) is 0. The Kier molecular flexibility index (Phi) is 3.03. The summed E-state index contributed by atoms with van der Waals surface area (Å²) in [4.78, 5) is 18.9. The number of nitrogens with one attached hydrogen (secondary N) is 1. The number of hydrogen-bond acceptors (Lipinski definition) is 5. The van der Waals surface area contributed by atoms with Gasteiger partial charge in [0.25, 0.3) is 0 Å². The number of carbonyl (C=O) groups is 1. The Morgan fingerprint density at radius 1 is 1.80 bits per heavy atom. The number of ether oxygens (including phenoxy) is 1. The van der Waals surface area contributed by atoms with Gasteiger partial charge in [0.05, 0.1) is 6.61 Å². The molecule has 0 aromatic rings. The highest BCUT2D eigenvalue weighted by molar-refractivity contribution is 6.30. The van der Waals surface area contributed by atoms with Gasteiger partial charge in [0.2, 0.25) is 0 Å². The first-order valence-electron chi connectivity index (χ1n) is 2.49. The molecule has 0 amide bonds. The van der Waals surface area contributed by atoms with Crippen molar-refractivity contribution in [3.8, 4) is 0 Å². The van der Waals surface area contributed by atoms with E-state index < -0.39 is 16.7 Å². The van der Waals surface area contributed by atoms with Crippen LogP contribution in [0.5, 0.6) is 0 Å². The van der Waals surface area contributed by atoms with E-state index in [9.17, 15) is 14.9 Å². The van der Waals surface area contributed by atoms with E-state index in [1.54, 1.807) is 0 Å². The molecule has 0 aliphatic rings. The first kappa shape index (κ1) is 8.54. The number of amidine groups is 1. The molecule has 0 aliphatic carbocycles. The zero-order valence-electron chi connectivity index (χ0n) is 5.29. The minimum Gasteiger partial charge on any atom is -0.457 e. The molecule has 0 radical (unpaired) electrons. The number of carbonyl (C=O) groups excluding carboxylic acids is 1. The minimum absolute atomic E-state index is 0.0368. The SMILES string of the molecule is CCOC(=O)C(=N)[N+](=O)[O-]. The van der Waals surface area contributed by atoms with Crippen LogP contribution in [0.15, 0.2) is 0 Å². The van der Waals surface area contributed by atoms with E-state index in [2.05, 4.69) is 4.74 Å². The maximum atomic E-state index is 10.3. The Morgan fingerprint density at radius 2 is 2.30 bits per heavy atom. The normalized spacial score (nSPS) is 8.50. The fourth-order valence-electron chi connectivity index (χ4n) is 0.274. The Hall–Kier alpha value is -1.46. The zero-order chi connectivity index (χ0) is 8.15. The standard InChI is InChI=1S/C4H6N2O4/c1-2-10-4(7)3(5)6(8)9/h5H,2H2,1H3. The second kappa shape index (κ2) is 3.54. The lowest BCUT2D eigenvalue weighted by molar-refractivity contribution is -0.352. The van der Waals surface area contributed by atoms with Crippen LogP contribution in [-0.2, 0) is 9.53 Å². The summed E-state index contributed by atoms with van der Waals surface area (Å²) < 4.78 is 4.16. The lowest BCUT2D eigenvalue weighted by Gasteiger charge is -1.95. The topological polar surface area (TPSA) is 93.3 Å². The van der Waals surface area contributed by atoms with E-state index in [1.165, 1.54) is 6.92 Å². The molecule has 0 aromatic heterocycles. The molecular formula is C4H6N2O4. The maximum absolute atomic E-state index is 10.3. The summed E-state index contributed by atoms with van der Waals surface area (Å²) in [6.45, 7) is 1.54. The van der Waals surface area contributed by atoms with Crippen LogP contribution in [0.25, 0.3) is 0 Å². The van der Waals surface area contributed by atoms with Gasteiger partial charge in [-0.3, -0.25) is 0 Å². The minimum atomic E-state index is -1.23. The number of esters is 1. The monoisotopic (exact) mass is 146 g/mol. The molecule has 0 spiro atoms. The average Bonchev–Trinajstić information content (AvgIpc) is 1.87. The smallest absolute Gasteiger partial charge is 0.442 e. The first-order chi connectivity index (χ1) is 4.59. The Labute approximate surface area is 56.4 Å². The summed E-state index contributed by atoms with van der Waals surface area (Å²) in [5.41, 5.74) is 0. The van der Waals surface area contributed by atoms with Gasteiger partial charge in [-0.15, -0.1) is 0 Å². The van der Waals surface area contributed by atoms with Crippen molar-refractivity contribution in [1.82, 2.24) is 0 Å². The molecule has 0 heterocycles. The highest BCUT2D eigenvalue weighted by Gasteiger charge is 2.20. The van der Waals surface area contributed by atoms with E-state index in [-0.39, 0.29) is 6.61 Å². The summed E-state index contributed by atoms with van der Waals surface area (Å²) in [5, 5.41) is 16.2. The van der Waals surface area contributed by atoms with Crippen molar-refractivity contribution in [1.29, 1.82) is 5.41 Å². The predicted molar refractivity (Wildman–Crippen MR) is 31.4 cm³/mol. The molecule has 0 rings (SSSR count). The summed E-state index contributed by atoms with van der Waals surface area (Å²) in [5.74, 6) is -2.44. The molecule has 1 N–H and O–H groups in total. The third-order valence-corrected chi connectivity index (χ3v) is 0.651. The predicted octanol–water partition coefficient (Wildman–Crippen LogP) is -0.197. The number of nitrogens with zero attached hydrogens (tertiary/aromatic N) is 1. The molecule has 6 heteroatoms. The molecule has 10 heavy (non-hydrogen) atoms. The fourth-order valence-corrected chi connectivity index (χ4v) is 0.274. The van der Waals surface area contributed by atoms with Gasteiger partial charge in [-0.05, 0) is 11.8 Å². The van der Waals surface area contributed by atoms with E-state index >= 15 is 0 Å². The summed E-state index contributed by atoms with van der Waals surface area (Å²) in [7, 11) is 0. The molecule has 0 unspecified atom stereocenters. The molecule has 0 atom stereocenters. The van der Waals surface area contributed by atoms with Crippen molar-refractivity contribution in [3.05, 3.63) is 10.1 Å². The molecule has 0 fully saturated rings. The Balaban J connectivity index is 3.96. The van der Waals surface area contributed by atoms with Gasteiger partial charge in [0.15, 0.2) is 0 Å². The number of hydrogen-bond donors (Lipinski definition) is 1. The molecule has 56 valence electrons. The van der Waals surface area contributed by atoms with Gasteiger partial charge >= 0.3 is 11.8 Å². The number of rotatable bonds is 1. The lowest BCUT2D eigenvalue weighted by atomic mass is 10.6. The molecule has 0 saturated carbocycles. The van der Waals surface area contributed by atoms with Crippen molar-refractivity contribution < 1.29 is 14.5 Å². The van der Waals surface area contributed by atoms with Crippen LogP contribution < -0.4 is 0 Å². The molecular weight excluding hydrogens is 140 g/mol. The second-order valence-electron chi connectivity index (χ2n) is 1.33. The van der Waals surface area contributed by atoms with Crippen LogP contribution in [0.3, 0.4) is 0 Å². The van der Waals surface area contributed by atoms with E-state index in [4.69, 9.17) is 5.41 Å². The van der Waals surface area contributed by atoms with Gasteiger partial charge < -0.3 is 14.9 Å². The second-order valence-corrected chi connectivity index (χ2v) is 1.33. The quantitative estimate of drug-likeness (QED) is 0.182. The van der Waals surface area contributed by atoms with Crippen molar-refractivity contribution in [2.24, 2.45) is 0 Å². The highest BCUT2D eigenvalue weighted by Crippen LogP contribution is 1.81. The Bertz CT molecular complexity index is 176. The van der Waals surface area contributed by atoms with Crippen LogP contribution >= 0.6 is 0 Å².